The molecule has 0 bridgehead atoms. The molecule has 0 aromatic heterocycles. The summed E-state index contributed by atoms with van der Waals surface area (Å²) < 4.78 is 16.3. The molecule has 0 aliphatic carbocycles. The largest absolute Gasteiger partial charge is 0.493 e. The van der Waals surface area contributed by atoms with Gasteiger partial charge in [0.05, 0.1) is 24.9 Å². The summed E-state index contributed by atoms with van der Waals surface area (Å²) in [6, 6.07) is 7.32. The molecule has 4 N–H and O–H groups in total. The zero-order chi connectivity index (χ0) is 25.6. The lowest BCUT2D eigenvalue weighted by Gasteiger charge is -2.31. The van der Waals surface area contributed by atoms with Crippen molar-refractivity contribution in [3.8, 4) is 5.75 Å². The van der Waals surface area contributed by atoms with Gasteiger partial charge in [0.25, 0.3) is 5.91 Å². The highest BCUT2D eigenvalue weighted by Gasteiger charge is 2.29. The molecule has 1 aliphatic heterocycles. The number of carbonyl (C=O) groups is 1. The number of halogens is 1. The van der Waals surface area contributed by atoms with Crippen LogP contribution in [0.5, 0.6) is 5.75 Å². The second kappa shape index (κ2) is 17.9. The molecule has 8 nitrogen and oxygen atoms in total. The Morgan fingerprint density at radius 2 is 1.92 bits per heavy atom. The van der Waals surface area contributed by atoms with E-state index in [1.165, 1.54) is 0 Å². The van der Waals surface area contributed by atoms with Crippen LogP contribution in [0.1, 0.15) is 56.3 Å². The van der Waals surface area contributed by atoms with E-state index in [0.29, 0.717) is 62.6 Å². The van der Waals surface area contributed by atoms with Crippen LogP contribution in [0.15, 0.2) is 24.3 Å². The van der Waals surface area contributed by atoms with Gasteiger partial charge in [-0.25, -0.2) is 0 Å². The van der Waals surface area contributed by atoms with Crippen molar-refractivity contribution in [1.29, 1.82) is 0 Å². The number of β-amino-alcohol motifs (C(OH)–C–C–N with tert-alkyl or cyclic N) is 1. The van der Waals surface area contributed by atoms with Gasteiger partial charge in [0, 0.05) is 46.0 Å². The number of rotatable bonds is 17. The fourth-order valence-corrected chi connectivity index (χ4v) is 4.62. The van der Waals surface area contributed by atoms with E-state index in [-0.39, 0.29) is 30.3 Å². The second-order valence-corrected chi connectivity index (χ2v) is 9.97. The average Bonchev–Trinajstić information content (AvgIpc) is 3.28. The van der Waals surface area contributed by atoms with Crippen molar-refractivity contribution in [3.63, 3.8) is 0 Å². The summed E-state index contributed by atoms with van der Waals surface area (Å²) in [5.74, 6) is 0.900. The molecule has 9 heteroatoms. The van der Waals surface area contributed by atoms with Gasteiger partial charge in [-0.15, -0.1) is 12.4 Å². The highest BCUT2D eigenvalue weighted by molar-refractivity contribution is 5.96. The lowest BCUT2D eigenvalue weighted by atomic mass is 9.87. The number of nitrogens with two attached hydrogens (primary N) is 1. The van der Waals surface area contributed by atoms with E-state index in [1.807, 2.05) is 18.2 Å². The predicted molar refractivity (Wildman–Crippen MR) is 146 cm³/mol. The van der Waals surface area contributed by atoms with Crippen LogP contribution in [-0.2, 0) is 9.47 Å². The summed E-state index contributed by atoms with van der Waals surface area (Å²) in [4.78, 5) is 15.2. The molecular formula is C27H48ClN3O5. The van der Waals surface area contributed by atoms with Gasteiger partial charge in [0.2, 0.25) is 0 Å². The number of carbonyl (C=O) groups excluding carboxylic acids is 1. The van der Waals surface area contributed by atoms with Gasteiger partial charge < -0.3 is 30.4 Å². The maximum atomic E-state index is 13.0. The molecule has 208 valence electrons. The van der Waals surface area contributed by atoms with Crippen LogP contribution in [-0.4, -0.2) is 87.8 Å². The number of para-hydroxylation sites is 1. The Labute approximate surface area is 223 Å². The molecular weight excluding hydrogens is 482 g/mol. The fourth-order valence-electron chi connectivity index (χ4n) is 4.62. The lowest BCUT2D eigenvalue weighted by Crippen LogP contribution is -2.47. The molecule has 1 aliphatic rings. The number of nitrogens with one attached hydrogen (secondary N) is 1. The molecule has 1 saturated heterocycles. The molecule has 0 spiro atoms. The maximum Gasteiger partial charge on any atom is 0.255 e. The Hall–Kier alpha value is -1.42. The Balaban J connectivity index is 0.00000648. The lowest BCUT2D eigenvalue weighted by molar-refractivity contribution is 0.0527. The van der Waals surface area contributed by atoms with Gasteiger partial charge in [-0.3, -0.25) is 9.69 Å². The first-order chi connectivity index (χ1) is 16.9. The van der Waals surface area contributed by atoms with E-state index in [1.54, 1.807) is 20.3 Å². The van der Waals surface area contributed by atoms with Crippen molar-refractivity contribution in [2.24, 2.45) is 17.6 Å². The maximum absolute atomic E-state index is 13.0. The van der Waals surface area contributed by atoms with Crippen molar-refractivity contribution in [1.82, 2.24) is 10.2 Å². The number of amides is 1. The van der Waals surface area contributed by atoms with Crippen molar-refractivity contribution >= 4 is 18.3 Å². The first-order valence-corrected chi connectivity index (χ1v) is 13.0. The van der Waals surface area contributed by atoms with Crippen LogP contribution in [0.25, 0.3) is 0 Å². The van der Waals surface area contributed by atoms with Gasteiger partial charge in [0.1, 0.15) is 5.75 Å². The number of aliphatic hydroxyl groups excluding tert-OH is 1. The molecule has 2 rings (SSSR count). The van der Waals surface area contributed by atoms with E-state index in [2.05, 4.69) is 24.1 Å². The quantitative estimate of drug-likeness (QED) is 0.266. The number of hydrogen-bond acceptors (Lipinski definition) is 7. The number of aliphatic hydroxyl groups is 1. The molecule has 1 aromatic rings. The summed E-state index contributed by atoms with van der Waals surface area (Å²) in [6.45, 7) is 8.19. The molecule has 1 heterocycles. The molecule has 4 unspecified atom stereocenters. The van der Waals surface area contributed by atoms with Crippen LogP contribution in [0.4, 0.5) is 0 Å². The molecule has 0 radical (unpaired) electrons. The van der Waals surface area contributed by atoms with Crippen molar-refractivity contribution in [2.45, 2.75) is 64.1 Å². The first kappa shape index (κ1) is 32.6. The summed E-state index contributed by atoms with van der Waals surface area (Å²) in [5, 5.41) is 13.9. The third kappa shape index (κ3) is 10.9. The monoisotopic (exact) mass is 529 g/mol. The zero-order valence-corrected chi connectivity index (χ0v) is 23.3. The number of benzene rings is 1. The Kier molecular flexibility index (Phi) is 16.2. The smallest absolute Gasteiger partial charge is 0.255 e. The molecule has 1 fully saturated rings. The van der Waals surface area contributed by atoms with E-state index in [4.69, 9.17) is 19.9 Å². The van der Waals surface area contributed by atoms with Gasteiger partial charge in [-0.1, -0.05) is 26.0 Å². The number of hydrogen-bond donors (Lipinski definition) is 3. The fraction of sp³-hybridized carbons (Fsp3) is 0.741. The summed E-state index contributed by atoms with van der Waals surface area (Å²) >= 11 is 0. The van der Waals surface area contributed by atoms with Crippen molar-refractivity contribution < 1.29 is 24.1 Å². The summed E-state index contributed by atoms with van der Waals surface area (Å²) in [6.07, 6.45) is 4.01. The van der Waals surface area contributed by atoms with Crippen LogP contribution in [0.2, 0.25) is 0 Å². The van der Waals surface area contributed by atoms with Crippen LogP contribution < -0.4 is 15.8 Å². The van der Waals surface area contributed by atoms with Crippen molar-refractivity contribution in [2.75, 3.05) is 53.7 Å². The highest BCUT2D eigenvalue weighted by atomic mass is 35.5. The topological polar surface area (TPSA) is 106 Å². The van der Waals surface area contributed by atoms with E-state index in [9.17, 15) is 9.90 Å². The van der Waals surface area contributed by atoms with E-state index >= 15 is 0 Å². The standard InChI is InChI=1S/C27H47N3O5.ClH/c1-20(2)21(16-24(28)25(31)18-30-13-9-10-22(30)19-34-4)17-29-27(32)23-11-5-6-12-26(23)35-15-8-7-14-33-3;/h5-6,11-12,20-22,24-25,31H,7-10,13-19,28H2,1-4H3,(H,29,32);1H. The number of unbranched alkanes of at least 4 members (excludes halogenated alkanes) is 1. The van der Waals surface area contributed by atoms with Gasteiger partial charge in [-0.2, -0.15) is 0 Å². The van der Waals surface area contributed by atoms with Gasteiger partial charge in [0.15, 0.2) is 0 Å². The Bertz CT molecular complexity index is 739. The number of likely N-dealkylation sites (tertiary alicyclic amines) is 1. The predicted octanol–water partition coefficient (Wildman–Crippen LogP) is 3.10. The summed E-state index contributed by atoms with van der Waals surface area (Å²) in [5.41, 5.74) is 6.97. The molecule has 0 saturated carbocycles. The minimum Gasteiger partial charge on any atom is -0.493 e. The SMILES string of the molecule is COCCCCOc1ccccc1C(=O)NCC(CC(N)C(O)CN1CCCC1COC)C(C)C.Cl. The van der Waals surface area contributed by atoms with Crippen molar-refractivity contribution in [3.05, 3.63) is 29.8 Å². The number of methoxy groups -OCH3 is 2. The Morgan fingerprint density at radius 3 is 2.61 bits per heavy atom. The second-order valence-electron chi connectivity index (χ2n) is 9.97. The van der Waals surface area contributed by atoms with Gasteiger partial charge >= 0.3 is 0 Å². The average molecular weight is 530 g/mol. The normalized spacial score (nSPS) is 18.5. The van der Waals surface area contributed by atoms with E-state index < -0.39 is 6.10 Å². The molecule has 4 atom stereocenters. The zero-order valence-electron chi connectivity index (χ0n) is 22.5. The van der Waals surface area contributed by atoms with E-state index in [0.717, 1.165) is 32.2 Å². The number of ether oxygens (including phenoxy) is 3. The minimum atomic E-state index is -0.614. The van der Waals surface area contributed by atoms with Crippen LogP contribution >= 0.6 is 12.4 Å². The minimum absolute atomic E-state index is 0. The molecule has 1 amide bonds. The Morgan fingerprint density at radius 1 is 1.19 bits per heavy atom. The highest BCUT2D eigenvalue weighted by Crippen LogP contribution is 2.22. The summed E-state index contributed by atoms with van der Waals surface area (Å²) in [7, 11) is 3.40. The third-order valence-corrected chi connectivity index (χ3v) is 6.95. The first-order valence-electron chi connectivity index (χ1n) is 13.0. The van der Waals surface area contributed by atoms with Crippen LogP contribution in [0, 0.1) is 11.8 Å². The molecule has 36 heavy (non-hydrogen) atoms. The third-order valence-electron chi connectivity index (χ3n) is 6.95. The van der Waals surface area contributed by atoms with Crippen LogP contribution in [0.3, 0.4) is 0 Å². The molecule has 1 aromatic carbocycles. The number of nitrogens with zero attached hydrogens (tertiary/aromatic N) is 1. The van der Waals surface area contributed by atoms with Gasteiger partial charge in [-0.05, 0) is 62.6 Å².